The molecule has 0 aliphatic rings. The lowest BCUT2D eigenvalue weighted by Crippen LogP contribution is -2.34. The maximum Gasteiger partial charge on any atom is 0.223 e. The minimum atomic E-state index is -0.0719. The Morgan fingerprint density at radius 3 is 1.76 bits per heavy atom. The number of nitrogens with zero attached hydrogens (tertiary/aromatic N) is 1. The Labute approximate surface area is 229 Å². The molecule has 0 atom stereocenters. The Morgan fingerprint density at radius 1 is 0.711 bits per heavy atom. The van der Waals surface area contributed by atoms with E-state index in [0.29, 0.717) is 32.4 Å². The Balaban J connectivity index is 1.95. The summed E-state index contributed by atoms with van der Waals surface area (Å²) in [6, 6.07) is 3.78. The SMILES string of the molecule is CCC=CCC=CCC=CCC=CCC=CCC=CCCC(=O)NCCNC(=O)CC=Cc1cccnc1. The van der Waals surface area contributed by atoms with Gasteiger partial charge in [-0.05, 0) is 56.6 Å². The topological polar surface area (TPSA) is 71.1 Å². The Hall–Kier alpha value is -3.73. The molecule has 5 nitrogen and oxygen atoms in total. The summed E-state index contributed by atoms with van der Waals surface area (Å²) >= 11 is 0. The molecule has 38 heavy (non-hydrogen) atoms. The van der Waals surface area contributed by atoms with Crippen LogP contribution in [0.5, 0.6) is 0 Å². The van der Waals surface area contributed by atoms with Crippen molar-refractivity contribution in [1.82, 2.24) is 15.6 Å². The summed E-state index contributed by atoms with van der Waals surface area (Å²) in [5.74, 6) is -0.0763. The first-order valence-corrected chi connectivity index (χ1v) is 13.7. The summed E-state index contributed by atoms with van der Waals surface area (Å²) in [6.45, 7) is 3.00. The molecule has 0 aliphatic carbocycles. The number of pyridine rings is 1. The van der Waals surface area contributed by atoms with Crippen LogP contribution in [0, 0.1) is 0 Å². The van der Waals surface area contributed by atoms with Crippen molar-refractivity contribution in [2.24, 2.45) is 0 Å². The summed E-state index contributed by atoms with van der Waals surface area (Å²) in [6.07, 6.45) is 40.5. The maximum absolute atomic E-state index is 11.9. The molecule has 0 saturated heterocycles. The van der Waals surface area contributed by atoms with Gasteiger partial charge in [-0.3, -0.25) is 14.6 Å². The lowest BCUT2D eigenvalue weighted by Gasteiger charge is -2.05. The van der Waals surface area contributed by atoms with Gasteiger partial charge in [0.25, 0.3) is 0 Å². The van der Waals surface area contributed by atoms with Crippen molar-refractivity contribution in [2.45, 2.75) is 64.7 Å². The number of carbonyl (C=O) groups excluding carboxylic acids is 2. The van der Waals surface area contributed by atoms with Gasteiger partial charge >= 0.3 is 0 Å². The number of hydrogen-bond acceptors (Lipinski definition) is 3. The molecule has 0 saturated carbocycles. The van der Waals surface area contributed by atoms with E-state index in [9.17, 15) is 9.59 Å². The van der Waals surface area contributed by atoms with Crippen LogP contribution in [0.1, 0.15) is 70.3 Å². The van der Waals surface area contributed by atoms with Gasteiger partial charge in [0, 0.05) is 38.3 Å². The molecule has 5 heteroatoms. The first-order chi connectivity index (χ1) is 18.7. The van der Waals surface area contributed by atoms with Crippen LogP contribution < -0.4 is 10.6 Å². The molecule has 0 fully saturated rings. The van der Waals surface area contributed by atoms with Crippen molar-refractivity contribution in [3.05, 3.63) is 109 Å². The van der Waals surface area contributed by atoms with Crippen molar-refractivity contribution in [3.8, 4) is 0 Å². The van der Waals surface area contributed by atoms with E-state index in [-0.39, 0.29) is 11.8 Å². The van der Waals surface area contributed by atoms with Crippen LogP contribution in [0.3, 0.4) is 0 Å². The molecule has 0 radical (unpaired) electrons. The van der Waals surface area contributed by atoms with Gasteiger partial charge in [0.05, 0.1) is 0 Å². The van der Waals surface area contributed by atoms with Crippen LogP contribution in [0.15, 0.2) is 104 Å². The van der Waals surface area contributed by atoms with E-state index in [1.54, 1.807) is 18.5 Å². The van der Waals surface area contributed by atoms with Gasteiger partial charge in [-0.25, -0.2) is 0 Å². The number of carbonyl (C=O) groups is 2. The highest BCUT2D eigenvalue weighted by Gasteiger charge is 2.00. The van der Waals surface area contributed by atoms with E-state index in [1.807, 2.05) is 24.3 Å². The Bertz CT molecular complexity index is 954. The third-order valence-corrected chi connectivity index (χ3v) is 5.20. The van der Waals surface area contributed by atoms with Gasteiger partial charge < -0.3 is 10.6 Å². The van der Waals surface area contributed by atoms with Crippen LogP contribution in [-0.4, -0.2) is 29.9 Å². The predicted octanol–water partition coefficient (Wildman–Crippen LogP) is 7.20. The molecule has 0 aromatic carbocycles. The van der Waals surface area contributed by atoms with Crippen molar-refractivity contribution in [3.63, 3.8) is 0 Å². The zero-order valence-electron chi connectivity index (χ0n) is 22.9. The molecule has 1 rings (SSSR count). The zero-order chi connectivity index (χ0) is 27.4. The van der Waals surface area contributed by atoms with E-state index < -0.39 is 0 Å². The standard InChI is InChI=1S/C33H45N3O2/c1-2-3-4-5-6-7-8-9-10-11-12-13-14-15-16-17-18-19-20-25-32(37)35-28-29-36-33(38)26-21-23-31-24-22-27-34-30-31/h3-4,6-7,9-10,12-13,15-16,18-19,21-24,27,30H,2,5,8,11,14,17,20,25-26,28-29H2,1H3,(H,35,37)(H,36,38). The van der Waals surface area contributed by atoms with Crippen LogP contribution in [0.25, 0.3) is 6.08 Å². The highest BCUT2D eigenvalue weighted by Crippen LogP contribution is 2.00. The number of allylic oxidation sites excluding steroid dienone is 12. The van der Waals surface area contributed by atoms with Crippen LogP contribution in [0.4, 0.5) is 0 Å². The molecule has 1 aromatic rings. The second kappa shape index (κ2) is 24.9. The van der Waals surface area contributed by atoms with Gasteiger partial charge in [0.15, 0.2) is 0 Å². The average molecular weight is 516 g/mol. The Kier molecular flexibility index (Phi) is 21.2. The lowest BCUT2D eigenvalue weighted by atomic mass is 10.2. The highest BCUT2D eigenvalue weighted by atomic mass is 16.2. The van der Waals surface area contributed by atoms with E-state index in [1.165, 1.54) is 0 Å². The van der Waals surface area contributed by atoms with Gasteiger partial charge in [-0.15, -0.1) is 0 Å². The fraction of sp³-hybridized carbons (Fsp3) is 0.364. The quantitative estimate of drug-likeness (QED) is 0.143. The first kappa shape index (κ1) is 32.3. The molecule has 1 aromatic heterocycles. The lowest BCUT2D eigenvalue weighted by molar-refractivity contribution is -0.122. The average Bonchev–Trinajstić information content (AvgIpc) is 2.93. The minimum Gasteiger partial charge on any atom is -0.354 e. The third kappa shape index (κ3) is 21.5. The van der Waals surface area contributed by atoms with Crippen LogP contribution >= 0.6 is 0 Å². The summed E-state index contributed by atoms with van der Waals surface area (Å²) in [5, 5.41) is 5.63. The molecule has 204 valence electrons. The number of aromatic nitrogens is 1. The largest absolute Gasteiger partial charge is 0.354 e. The van der Waals surface area contributed by atoms with Gasteiger partial charge in [-0.2, -0.15) is 0 Å². The number of hydrogen-bond donors (Lipinski definition) is 2. The monoisotopic (exact) mass is 515 g/mol. The third-order valence-electron chi connectivity index (χ3n) is 5.20. The van der Waals surface area contributed by atoms with Crippen molar-refractivity contribution in [2.75, 3.05) is 13.1 Å². The first-order valence-electron chi connectivity index (χ1n) is 13.7. The van der Waals surface area contributed by atoms with Crippen molar-refractivity contribution in [1.29, 1.82) is 0 Å². The minimum absolute atomic E-state index is 0.00440. The zero-order valence-corrected chi connectivity index (χ0v) is 22.9. The Morgan fingerprint density at radius 2 is 1.24 bits per heavy atom. The van der Waals surface area contributed by atoms with E-state index >= 15 is 0 Å². The molecule has 1 heterocycles. The van der Waals surface area contributed by atoms with E-state index in [0.717, 1.165) is 44.1 Å². The number of nitrogens with one attached hydrogen (secondary N) is 2. The van der Waals surface area contributed by atoms with Crippen molar-refractivity contribution < 1.29 is 9.59 Å². The van der Waals surface area contributed by atoms with Gasteiger partial charge in [-0.1, -0.05) is 98.1 Å². The molecule has 0 aliphatic heterocycles. The second-order valence-corrected chi connectivity index (χ2v) is 8.55. The molecule has 0 bridgehead atoms. The normalized spacial score (nSPS) is 12.4. The smallest absolute Gasteiger partial charge is 0.223 e. The molecular formula is C33H45N3O2. The van der Waals surface area contributed by atoms with E-state index in [4.69, 9.17) is 0 Å². The molecule has 0 unspecified atom stereocenters. The van der Waals surface area contributed by atoms with E-state index in [2.05, 4.69) is 89.4 Å². The highest BCUT2D eigenvalue weighted by molar-refractivity contribution is 5.78. The molecular weight excluding hydrogens is 470 g/mol. The molecule has 0 spiro atoms. The predicted molar refractivity (Wildman–Crippen MR) is 161 cm³/mol. The maximum atomic E-state index is 11.9. The van der Waals surface area contributed by atoms with Gasteiger partial charge in [0.2, 0.25) is 11.8 Å². The van der Waals surface area contributed by atoms with Gasteiger partial charge in [0.1, 0.15) is 0 Å². The number of rotatable bonds is 20. The summed E-state index contributed by atoms with van der Waals surface area (Å²) in [7, 11) is 0. The summed E-state index contributed by atoms with van der Waals surface area (Å²) in [4.78, 5) is 27.7. The summed E-state index contributed by atoms with van der Waals surface area (Å²) < 4.78 is 0. The van der Waals surface area contributed by atoms with Crippen LogP contribution in [0.2, 0.25) is 0 Å². The fourth-order valence-electron chi connectivity index (χ4n) is 3.20. The summed E-state index contributed by atoms with van der Waals surface area (Å²) in [5.41, 5.74) is 0.958. The fourth-order valence-corrected chi connectivity index (χ4v) is 3.20. The number of amides is 2. The van der Waals surface area contributed by atoms with Crippen LogP contribution in [-0.2, 0) is 9.59 Å². The second-order valence-electron chi connectivity index (χ2n) is 8.55. The molecule has 2 amide bonds. The molecule has 2 N–H and O–H groups in total. The van der Waals surface area contributed by atoms with Crippen molar-refractivity contribution >= 4 is 17.9 Å².